The highest BCUT2D eigenvalue weighted by molar-refractivity contribution is 7.10. The monoisotopic (exact) mass is 582 g/mol. The number of nitrogens with zero attached hydrogens (tertiary/aromatic N) is 1. The topological polar surface area (TPSA) is 98.9 Å². The quantitative estimate of drug-likeness (QED) is 0.299. The third kappa shape index (κ3) is 4.73. The van der Waals surface area contributed by atoms with E-state index in [2.05, 4.69) is 0 Å². The van der Waals surface area contributed by atoms with Crippen LogP contribution in [0.1, 0.15) is 28.7 Å². The molecule has 0 bridgehead atoms. The number of halogens is 2. The van der Waals surface area contributed by atoms with Crippen LogP contribution in [0.2, 0.25) is 10.0 Å². The molecule has 1 aliphatic carbocycles. The van der Waals surface area contributed by atoms with Crippen molar-refractivity contribution in [2.24, 2.45) is 11.7 Å². The number of methoxy groups -OCH3 is 2. The van der Waals surface area contributed by atoms with Gasteiger partial charge in [0, 0.05) is 32.1 Å². The summed E-state index contributed by atoms with van der Waals surface area (Å²) in [5.41, 5.74) is 8.96. The standard InChI is InChI=1S/C29H24Cl2N2O5S/c1-37-28(35)22-19(15-7-4-3-5-8-15)14-20-23(26(22)34)24(21-9-6-10-39-21)25(29(36)38-2)27(32)33(20)18-12-16(30)11-17(31)13-18/h3-13,19,22,24H,14,32H2,1-2H3/t19-,22-,24-/m1/s1. The van der Waals surface area contributed by atoms with Crippen molar-refractivity contribution in [2.75, 3.05) is 19.1 Å². The lowest BCUT2D eigenvalue weighted by Gasteiger charge is -2.43. The van der Waals surface area contributed by atoms with Crippen LogP contribution in [0.25, 0.3) is 0 Å². The maximum Gasteiger partial charge on any atom is 0.338 e. The Morgan fingerprint density at radius 2 is 1.69 bits per heavy atom. The number of carbonyl (C=O) groups is 3. The molecule has 200 valence electrons. The van der Waals surface area contributed by atoms with Gasteiger partial charge in [0.2, 0.25) is 0 Å². The fourth-order valence-electron chi connectivity index (χ4n) is 5.45. The number of hydrogen-bond donors (Lipinski definition) is 1. The van der Waals surface area contributed by atoms with Crippen LogP contribution in [0, 0.1) is 5.92 Å². The van der Waals surface area contributed by atoms with Gasteiger partial charge in [0.1, 0.15) is 11.7 Å². The summed E-state index contributed by atoms with van der Waals surface area (Å²) in [5, 5.41) is 2.55. The van der Waals surface area contributed by atoms with Gasteiger partial charge >= 0.3 is 11.9 Å². The first kappa shape index (κ1) is 27.0. The van der Waals surface area contributed by atoms with Crippen LogP contribution in [0.3, 0.4) is 0 Å². The average Bonchev–Trinajstić information content (AvgIpc) is 3.46. The first-order chi connectivity index (χ1) is 18.8. The van der Waals surface area contributed by atoms with Gasteiger partial charge in [-0.1, -0.05) is 59.6 Å². The zero-order chi connectivity index (χ0) is 27.8. The van der Waals surface area contributed by atoms with Crippen molar-refractivity contribution in [3.05, 3.63) is 109 Å². The van der Waals surface area contributed by atoms with Gasteiger partial charge in [-0.05, 0) is 41.6 Å². The van der Waals surface area contributed by atoms with Gasteiger partial charge < -0.3 is 15.2 Å². The fraction of sp³-hybridized carbons (Fsp3) is 0.207. The van der Waals surface area contributed by atoms with E-state index >= 15 is 0 Å². The number of thiophene rings is 1. The third-order valence-corrected chi connectivity index (χ3v) is 8.43. The van der Waals surface area contributed by atoms with Crippen LogP contribution in [0.4, 0.5) is 5.69 Å². The molecule has 2 aromatic carbocycles. The molecule has 0 fully saturated rings. The summed E-state index contributed by atoms with van der Waals surface area (Å²) in [4.78, 5) is 43.3. The average molecular weight is 583 g/mol. The van der Waals surface area contributed by atoms with E-state index in [9.17, 15) is 14.4 Å². The van der Waals surface area contributed by atoms with Crippen LogP contribution in [0.15, 0.2) is 88.7 Å². The molecule has 0 amide bonds. The number of ether oxygens (including phenoxy) is 2. The molecule has 0 unspecified atom stereocenters. The second kappa shape index (κ2) is 10.9. The van der Waals surface area contributed by atoms with Gasteiger partial charge in [0.25, 0.3) is 0 Å². The number of Topliss-reactive ketones (excluding diaryl/α,β-unsaturated/α-hetero) is 1. The molecule has 10 heteroatoms. The summed E-state index contributed by atoms with van der Waals surface area (Å²) in [6, 6.07) is 17.8. The first-order valence-corrected chi connectivity index (χ1v) is 13.7. The van der Waals surface area contributed by atoms with Crippen molar-refractivity contribution >= 4 is 57.9 Å². The third-order valence-electron chi connectivity index (χ3n) is 7.06. The van der Waals surface area contributed by atoms with Gasteiger partial charge in [-0.25, -0.2) is 4.79 Å². The fourth-order valence-corrected chi connectivity index (χ4v) is 6.81. The van der Waals surface area contributed by atoms with Crippen molar-refractivity contribution in [3.63, 3.8) is 0 Å². The molecule has 2 N–H and O–H groups in total. The van der Waals surface area contributed by atoms with E-state index in [1.807, 2.05) is 47.8 Å². The van der Waals surface area contributed by atoms with Gasteiger partial charge in [-0.3, -0.25) is 14.5 Å². The summed E-state index contributed by atoms with van der Waals surface area (Å²) < 4.78 is 10.3. The molecule has 3 aromatic rings. The lowest BCUT2D eigenvalue weighted by molar-refractivity contribution is -0.150. The van der Waals surface area contributed by atoms with E-state index in [4.69, 9.17) is 38.4 Å². The highest BCUT2D eigenvalue weighted by Crippen LogP contribution is 2.52. The highest BCUT2D eigenvalue weighted by Gasteiger charge is 2.51. The maximum absolute atomic E-state index is 14.5. The van der Waals surface area contributed by atoms with E-state index in [0.29, 0.717) is 26.3 Å². The molecule has 1 aromatic heterocycles. The maximum atomic E-state index is 14.5. The zero-order valence-electron chi connectivity index (χ0n) is 21.0. The number of ketones is 1. The Kier molecular flexibility index (Phi) is 7.53. The Hall–Kier alpha value is -3.59. The molecule has 39 heavy (non-hydrogen) atoms. The number of esters is 2. The largest absolute Gasteiger partial charge is 0.468 e. The van der Waals surface area contributed by atoms with Gasteiger partial charge in [0.05, 0.1) is 31.4 Å². The lowest BCUT2D eigenvalue weighted by Crippen LogP contribution is -2.46. The van der Waals surface area contributed by atoms with Crippen LogP contribution < -0.4 is 10.6 Å². The number of carbonyl (C=O) groups excluding carboxylic acids is 3. The molecular weight excluding hydrogens is 559 g/mol. The highest BCUT2D eigenvalue weighted by atomic mass is 35.5. The molecule has 5 rings (SSSR count). The van der Waals surface area contributed by atoms with Crippen LogP contribution >= 0.6 is 34.5 Å². The Morgan fingerprint density at radius 1 is 1.00 bits per heavy atom. The predicted molar refractivity (Wildman–Crippen MR) is 151 cm³/mol. The van der Waals surface area contributed by atoms with Crippen LogP contribution in [0.5, 0.6) is 0 Å². The molecule has 1 aliphatic heterocycles. The molecule has 0 saturated heterocycles. The molecule has 7 nitrogen and oxygen atoms in total. The Labute approximate surface area is 239 Å². The zero-order valence-corrected chi connectivity index (χ0v) is 23.3. The van der Waals surface area contributed by atoms with E-state index in [0.717, 1.165) is 5.56 Å². The smallest absolute Gasteiger partial charge is 0.338 e. The van der Waals surface area contributed by atoms with E-state index in [-0.39, 0.29) is 23.4 Å². The molecular formula is C29H24Cl2N2O5S. The van der Waals surface area contributed by atoms with Gasteiger partial charge in [-0.2, -0.15) is 0 Å². The second-order valence-corrected chi connectivity index (χ2v) is 11.0. The van der Waals surface area contributed by atoms with Crippen LogP contribution in [-0.2, 0) is 23.9 Å². The number of rotatable bonds is 5. The first-order valence-electron chi connectivity index (χ1n) is 12.0. The molecule has 0 radical (unpaired) electrons. The van der Waals surface area contributed by atoms with E-state index in [1.54, 1.807) is 23.1 Å². The molecule has 2 aliphatic rings. The van der Waals surface area contributed by atoms with E-state index < -0.39 is 35.5 Å². The molecule has 0 spiro atoms. The minimum Gasteiger partial charge on any atom is -0.468 e. The van der Waals surface area contributed by atoms with Gasteiger partial charge in [0.15, 0.2) is 5.78 Å². The Morgan fingerprint density at radius 3 is 2.28 bits per heavy atom. The molecule has 2 heterocycles. The normalized spacial score (nSPS) is 21.1. The predicted octanol–water partition coefficient (Wildman–Crippen LogP) is 5.80. The van der Waals surface area contributed by atoms with E-state index in [1.165, 1.54) is 25.6 Å². The molecule has 3 atom stereocenters. The van der Waals surface area contributed by atoms with Crippen molar-refractivity contribution in [1.29, 1.82) is 0 Å². The Balaban J connectivity index is 1.83. The minimum atomic E-state index is -1.12. The number of allylic oxidation sites excluding steroid dienone is 2. The van der Waals surface area contributed by atoms with Crippen molar-refractivity contribution < 1.29 is 23.9 Å². The van der Waals surface area contributed by atoms with Crippen LogP contribution in [-0.4, -0.2) is 31.9 Å². The second-order valence-electron chi connectivity index (χ2n) is 9.15. The SMILES string of the molecule is COC(=O)C1=C(N)N(c2cc(Cl)cc(Cl)c2)C2=C(C(=O)[C@H](C(=O)OC)[C@@H](c3ccccc3)C2)[C@H]1c1cccs1. The van der Waals surface area contributed by atoms with Gasteiger partial charge in [-0.15, -0.1) is 11.3 Å². The number of benzene rings is 2. The minimum absolute atomic E-state index is 0.0879. The van der Waals surface area contributed by atoms with Crippen molar-refractivity contribution in [3.8, 4) is 0 Å². The summed E-state index contributed by atoms with van der Waals surface area (Å²) in [6.45, 7) is 0. The summed E-state index contributed by atoms with van der Waals surface area (Å²) in [7, 11) is 2.52. The number of hydrogen-bond acceptors (Lipinski definition) is 8. The number of nitrogens with two attached hydrogens (primary N) is 1. The lowest BCUT2D eigenvalue weighted by atomic mass is 9.68. The molecule has 0 saturated carbocycles. The van der Waals surface area contributed by atoms with Crippen molar-refractivity contribution in [1.82, 2.24) is 0 Å². The number of anilines is 1. The van der Waals surface area contributed by atoms with Crippen molar-refractivity contribution in [2.45, 2.75) is 18.3 Å². The summed E-state index contributed by atoms with van der Waals surface area (Å²) in [6.07, 6.45) is 0.256. The Bertz CT molecular complexity index is 1500. The summed E-state index contributed by atoms with van der Waals surface area (Å²) >= 11 is 14.1. The summed E-state index contributed by atoms with van der Waals surface area (Å²) in [5.74, 6) is -4.20.